The van der Waals surface area contributed by atoms with Crippen LogP contribution in [-0.4, -0.2) is 19.7 Å². The summed E-state index contributed by atoms with van der Waals surface area (Å²) in [4.78, 5) is 0.961. The van der Waals surface area contributed by atoms with E-state index in [2.05, 4.69) is 60.6 Å². The lowest BCUT2D eigenvalue weighted by atomic mass is 9.94. The highest BCUT2D eigenvalue weighted by Crippen LogP contribution is 2.29. The second-order valence-corrected chi connectivity index (χ2v) is 8.69. The average molecular weight is 436 g/mol. The average Bonchev–Trinajstić information content (AvgIpc) is 2.79. The largest absolute Gasteiger partial charge is 0.495 e. The normalized spacial score (nSPS) is 14.5. The lowest BCUT2D eigenvalue weighted by Gasteiger charge is -2.25. The van der Waals surface area contributed by atoms with Crippen molar-refractivity contribution in [2.75, 3.05) is 24.3 Å². The van der Waals surface area contributed by atoms with Gasteiger partial charge >= 0.3 is 0 Å². The summed E-state index contributed by atoms with van der Waals surface area (Å²) in [6, 6.07) is 12.9. The molecule has 2 aromatic rings. The third-order valence-corrected chi connectivity index (χ3v) is 6.14. The Hall–Kier alpha value is -2.55. The van der Waals surface area contributed by atoms with Crippen LogP contribution in [0.1, 0.15) is 50.2 Å². The summed E-state index contributed by atoms with van der Waals surface area (Å²) in [7, 11) is 1.66. The smallest absolute Gasteiger partial charge is 0.143 e. The van der Waals surface area contributed by atoms with E-state index in [1.165, 1.54) is 60.9 Å². The molecule has 3 rings (SSSR count). The number of ether oxygens (including phenoxy) is 1. The first-order valence-corrected chi connectivity index (χ1v) is 11.8. The van der Waals surface area contributed by atoms with Crippen molar-refractivity contribution in [1.29, 1.82) is 0 Å². The molecule has 0 bridgehead atoms. The number of nitrogens with one attached hydrogen (secondary N) is 2. The number of anilines is 2. The molecule has 0 amide bonds. The molecule has 164 valence electrons. The van der Waals surface area contributed by atoms with Gasteiger partial charge in [0.2, 0.25) is 0 Å². The van der Waals surface area contributed by atoms with Crippen molar-refractivity contribution < 1.29 is 4.74 Å². The SMILES string of the molecule is COc1cc(SN)ccc1NCC#C/C(C)=C/c1c(C)cccc1NC1CCCCC1. The van der Waals surface area contributed by atoms with Crippen LogP contribution < -0.4 is 20.5 Å². The molecule has 1 aliphatic rings. The molecule has 0 aromatic heterocycles. The zero-order chi connectivity index (χ0) is 22.1. The Morgan fingerprint density at radius 3 is 2.74 bits per heavy atom. The van der Waals surface area contributed by atoms with Crippen molar-refractivity contribution in [3.8, 4) is 17.6 Å². The van der Waals surface area contributed by atoms with Gasteiger partial charge in [0.05, 0.1) is 19.3 Å². The van der Waals surface area contributed by atoms with E-state index in [1.807, 2.05) is 18.2 Å². The second kappa shape index (κ2) is 11.7. The minimum Gasteiger partial charge on any atom is -0.495 e. The van der Waals surface area contributed by atoms with Crippen LogP contribution in [0.2, 0.25) is 0 Å². The molecule has 0 aliphatic heterocycles. The van der Waals surface area contributed by atoms with Gasteiger partial charge in [-0.3, -0.25) is 5.14 Å². The van der Waals surface area contributed by atoms with E-state index in [1.54, 1.807) is 7.11 Å². The van der Waals surface area contributed by atoms with E-state index < -0.39 is 0 Å². The maximum atomic E-state index is 5.62. The fourth-order valence-electron chi connectivity index (χ4n) is 3.93. The molecule has 4 nitrogen and oxygen atoms in total. The Kier molecular flexibility index (Phi) is 8.75. The Balaban J connectivity index is 1.67. The molecular formula is C26H33N3OS. The third-order valence-electron chi connectivity index (χ3n) is 5.61. The van der Waals surface area contributed by atoms with Gasteiger partial charge in [0.1, 0.15) is 5.75 Å². The van der Waals surface area contributed by atoms with Crippen molar-refractivity contribution in [1.82, 2.24) is 0 Å². The zero-order valence-corrected chi connectivity index (χ0v) is 19.6. The molecule has 5 heteroatoms. The molecule has 2 aromatic carbocycles. The summed E-state index contributed by atoms with van der Waals surface area (Å²) in [6.07, 6.45) is 8.73. The molecule has 0 spiro atoms. The van der Waals surface area contributed by atoms with E-state index in [0.29, 0.717) is 12.6 Å². The molecular weight excluding hydrogens is 402 g/mol. The van der Waals surface area contributed by atoms with Gasteiger partial charge in [-0.05, 0) is 80.1 Å². The van der Waals surface area contributed by atoms with Crippen molar-refractivity contribution in [3.05, 3.63) is 53.1 Å². The minimum absolute atomic E-state index is 0.539. The predicted octanol–water partition coefficient (Wildman–Crippen LogP) is 6.23. The number of methoxy groups -OCH3 is 1. The minimum atomic E-state index is 0.539. The topological polar surface area (TPSA) is 59.3 Å². The predicted molar refractivity (Wildman–Crippen MR) is 135 cm³/mol. The molecule has 0 saturated heterocycles. The molecule has 0 atom stereocenters. The number of hydrogen-bond acceptors (Lipinski definition) is 5. The lowest BCUT2D eigenvalue weighted by Crippen LogP contribution is -2.22. The first-order chi connectivity index (χ1) is 15.1. The summed E-state index contributed by atoms with van der Waals surface area (Å²) in [5.74, 6) is 7.26. The Morgan fingerprint density at radius 1 is 1.19 bits per heavy atom. The Morgan fingerprint density at radius 2 is 2.00 bits per heavy atom. The summed E-state index contributed by atoms with van der Waals surface area (Å²) < 4.78 is 5.44. The molecule has 0 radical (unpaired) electrons. The quantitative estimate of drug-likeness (QED) is 0.355. The van der Waals surface area contributed by atoms with Gasteiger partial charge in [-0.25, -0.2) is 0 Å². The maximum absolute atomic E-state index is 5.62. The fraction of sp³-hybridized carbons (Fsp3) is 0.385. The molecule has 0 heterocycles. The van der Waals surface area contributed by atoms with Crippen LogP contribution in [0.25, 0.3) is 6.08 Å². The van der Waals surface area contributed by atoms with Gasteiger partial charge in [-0.2, -0.15) is 0 Å². The molecule has 1 saturated carbocycles. The third kappa shape index (κ3) is 6.72. The van der Waals surface area contributed by atoms with Gasteiger partial charge in [-0.15, -0.1) is 0 Å². The molecule has 4 N–H and O–H groups in total. The summed E-state index contributed by atoms with van der Waals surface area (Å²) >= 11 is 1.20. The Bertz CT molecular complexity index is 968. The van der Waals surface area contributed by atoms with Crippen LogP contribution in [0.15, 0.2) is 46.9 Å². The van der Waals surface area contributed by atoms with E-state index in [-0.39, 0.29) is 0 Å². The Labute approximate surface area is 191 Å². The van der Waals surface area contributed by atoms with Gasteiger partial charge in [-0.1, -0.05) is 43.2 Å². The first-order valence-electron chi connectivity index (χ1n) is 10.9. The summed E-state index contributed by atoms with van der Waals surface area (Å²) in [5, 5.41) is 12.7. The van der Waals surface area contributed by atoms with Gasteiger partial charge < -0.3 is 15.4 Å². The van der Waals surface area contributed by atoms with E-state index in [0.717, 1.165) is 21.9 Å². The number of aryl methyl sites for hydroxylation is 1. The van der Waals surface area contributed by atoms with Crippen molar-refractivity contribution >= 4 is 29.4 Å². The van der Waals surface area contributed by atoms with Crippen LogP contribution in [-0.2, 0) is 0 Å². The lowest BCUT2D eigenvalue weighted by molar-refractivity contribution is 0.415. The summed E-state index contributed by atoms with van der Waals surface area (Å²) in [6.45, 7) is 4.77. The van der Waals surface area contributed by atoms with Gasteiger partial charge in [0, 0.05) is 22.2 Å². The highest BCUT2D eigenvalue weighted by molar-refractivity contribution is 7.97. The number of allylic oxidation sites excluding steroid dienone is 1. The van der Waals surface area contributed by atoms with E-state index in [9.17, 15) is 0 Å². The van der Waals surface area contributed by atoms with Crippen molar-refractivity contribution in [3.63, 3.8) is 0 Å². The number of hydrogen-bond donors (Lipinski definition) is 3. The monoisotopic (exact) mass is 435 g/mol. The van der Waals surface area contributed by atoms with Gasteiger partial charge in [0.25, 0.3) is 0 Å². The van der Waals surface area contributed by atoms with Gasteiger partial charge in [0.15, 0.2) is 0 Å². The van der Waals surface area contributed by atoms with Crippen LogP contribution in [0.3, 0.4) is 0 Å². The van der Waals surface area contributed by atoms with Crippen LogP contribution in [0.5, 0.6) is 5.75 Å². The van der Waals surface area contributed by atoms with Crippen LogP contribution >= 0.6 is 11.9 Å². The molecule has 0 unspecified atom stereocenters. The fourth-order valence-corrected chi connectivity index (χ4v) is 4.25. The zero-order valence-electron chi connectivity index (χ0n) is 18.8. The highest BCUT2D eigenvalue weighted by Gasteiger charge is 2.14. The van der Waals surface area contributed by atoms with Crippen molar-refractivity contribution in [2.45, 2.75) is 56.9 Å². The van der Waals surface area contributed by atoms with E-state index >= 15 is 0 Å². The highest BCUT2D eigenvalue weighted by atomic mass is 32.2. The summed E-state index contributed by atoms with van der Waals surface area (Å²) in [5.41, 5.74) is 5.68. The van der Waals surface area contributed by atoms with E-state index in [4.69, 9.17) is 9.88 Å². The number of nitrogens with two attached hydrogens (primary N) is 1. The number of rotatable bonds is 7. The number of benzene rings is 2. The van der Waals surface area contributed by atoms with Crippen LogP contribution in [0.4, 0.5) is 11.4 Å². The maximum Gasteiger partial charge on any atom is 0.143 e. The van der Waals surface area contributed by atoms with Crippen molar-refractivity contribution in [2.24, 2.45) is 5.14 Å². The van der Waals surface area contributed by atoms with Crippen LogP contribution in [0, 0.1) is 18.8 Å². The first kappa shape index (κ1) is 23.1. The molecule has 31 heavy (non-hydrogen) atoms. The molecule has 1 fully saturated rings. The second-order valence-electron chi connectivity index (χ2n) is 7.98. The molecule has 1 aliphatic carbocycles. The standard InChI is InChI=1S/C26H33N3OS/c1-19(9-8-16-28-25-15-14-22(31-27)18-26(25)30-3)17-23-20(2)10-7-13-24(23)29-21-11-5-4-6-12-21/h7,10,13-15,17-18,21,28-29H,4-6,11-12,16,27H2,1-3H3/b19-17+.